The second kappa shape index (κ2) is 3.73. The van der Waals surface area contributed by atoms with Crippen molar-refractivity contribution in [1.82, 2.24) is 0 Å². The molecule has 0 aromatic carbocycles. The van der Waals surface area contributed by atoms with Crippen molar-refractivity contribution in [2.75, 3.05) is 7.11 Å². The number of hydrogen-bond donors (Lipinski definition) is 1. The molecule has 2 aliphatic rings. The number of ether oxygens (including phenoxy) is 1. The normalized spacial score (nSPS) is 37.8. The summed E-state index contributed by atoms with van der Waals surface area (Å²) in [6.45, 7) is 4.13. The van der Waals surface area contributed by atoms with Crippen LogP contribution in [0.4, 0.5) is 0 Å². The second-order valence-electron chi connectivity index (χ2n) is 6.21. The maximum Gasteiger partial charge on any atom is 0.306 e. The number of hydrogen-bond acceptors (Lipinski definition) is 3. The van der Waals surface area contributed by atoms with E-state index in [9.17, 15) is 4.79 Å². The van der Waals surface area contributed by atoms with E-state index in [4.69, 9.17) is 10.5 Å². The number of nitrogens with two attached hydrogens (primary N) is 1. The van der Waals surface area contributed by atoms with E-state index in [0.29, 0.717) is 12.3 Å². The molecule has 2 bridgehead atoms. The molecule has 0 aromatic heterocycles. The average Bonchev–Trinajstić information content (AvgIpc) is 2.76. The average molecular weight is 225 g/mol. The first-order valence-corrected chi connectivity index (χ1v) is 6.25. The molecule has 3 heteroatoms. The van der Waals surface area contributed by atoms with Gasteiger partial charge in [-0.25, -0.2) is 0 Å². The van der Waals surface area contributed by atoms with Crippen molar-refractivity contribution in [3.8, 4) is 0 Å². The van der Waals surface area contributed by atoms with Crippen LogP contribution in [0.2, 0.25) is 0 Å². The third-order valence-corrected chi connectivity index (χ3v) is 4.95. The van der Waals surface area contributed by atoms with Crippen molar-refractivity contribution in [3.63, 3.8) is 0 Å². The van der Waals surface area contributed by atoms with E-state index < -0.39 is 0 Å². The van der Waals surface area contributed by atoms with Crippen LogP contribution in [0.1, 0.15) is 46.0 Å². The molecular weight excluding hydrogens is 202 g/mol. The van der Waals surface area contributed by atoms with Gasteiger partial charge in [-0.1, -0.05) is 6.42 Å². The number of fused-ring (bicyclic) bond motifs is 2. The Balaban J connectivity index is 2.24. The summed E-state index contributed by atoms with van der Waals surface area (Å²) in [6, 6.07) is 0. The molecule has 2 saturated carbocycles. The summed E-state index contributed by atoms with van der Waals surface area (Å²) in [5, 5.41) is 0. The van der Waals surface area contributed by atoms with Crippen molar-refractivity contribution >= 4 is 5.97 Å². The summed E-state index contributed by atoms with van der Waals surface area (Å²) in [5.41, 5.74) is 6.04. The first kappa shape index (κ1) is 11.9. The summed E-state index contributed by atoms with van der Waals surface area (Å²) in [6.07, 6.45) is 5.42. The predicted molar refractivity (Wildman–Crippen MR) is 62.8 cm³/mol. The zero-order valence-electron chi connectivity index (χ0n) is 10.6. The summed E-state index contributed by atoms with van der Waals surface area (Å²) < 4.78 is 4.85. The third-order valence-electron chi connectivity index (χ3n) is 4.95. The molecule has 0 heterocycles. The fourth-order valence-electron chi connectivity index (χ4n) is 4.01. The molecule has 92 valence electrons. The van der Waals surface area contributed by atoms with E-state index in [2.05, 4.69) is 13.8 Å². The Bertz CT molecular complexity index is 295. The number of carbonyl (C=O) groups is 1. The molecule has 0 aliphatic heterocycles. The lowest BCUT2D eigenvalue weighted by molar-refractivity contribution is -0.146. The number of carbonyl (C=O) groups excluding carboxylic acids is 1. The van der Waals surface area contributed by atoms with Gasteiger partial charge in [0.25, 0.3) is 0 Å². The monoisotopic (exact) mass is 225 g/mol. The molecule has 2 rings (SSSR count). The SMILES string of the molecule is COC(=O)CC1(C(C)(C)N)CC2CCC1C2. The van der Waals surface area contributed by atoms with Gasteiger partial charge in [-0.3, -0.25) is 4.79 Å². The van der Waals surface area contributed by atoms with Gasteiger partial charge in [0.2, 0.25) is 0 Å². The van der Waals surface area contributed by atoms with Gasteiger partial charge in [0.05, 0.1) is 13.5 Å². The molecule has 3 unspecified atom stereocenters. The van der Waals surface area contributed by atoms with Gasteiger partial charge in [-0.2, -0.15) is 0 Å². The highest BCUT2D eigenvalue weighted by atomic mass is 16.5. The Hall–Kier alpha value is -0.570. The van der Waals surface area contributed by atoms with Crippen LogP contribution in [0, 0.1) is 17.3 Å². The second-order valence-corrected chi connectivity index (χ2v) is 6.21. The van der Waals surface area contributed by atoms with Crippen LogP contribution in [-0.2, 0) is 9.53 Å². The van der Waals surface area contributed by atoms with Gasteiger partial charge in [0.15, 0.2) is 0 Å². The Labute approximate surface area is 97.7 Å². The lowest BCUT2D eigenvalue weighted by Gasteiger charge is -2.47. The molecule has 3 atom stereocenters. The van der Waals surface area contributed by atoms with E-state index >= 15 is 0 Å². The highest BCUT2D eigenvalue weighted by Crippen LogP contribution is 2.61. The fourth-order valence-corrected chi connectivity index (χ4v) is 4.01. The van der Waals surface area contributed by atoms with Crippen molar-refractivity contribution in [2.45, 2.75) is 51.5 Å². The van der Waals surface area contributed by atoms with Crippen LogP contribution in [-0.4, -0.2) is 18.6 Å². The first-order valence-electron chi connectivity index (χ1n) is 6.25. The molecule has 0 spiro atoms. The van der Waals surface area contributed by atoms with Crippen LogP contribution >= 0.6 is 0 Å². The van der Waals surface area contributed by atoms with Crippen molar-refractivity contribution in [1.29, 1.82) is 0 Å². The van der Waals surface area contributed by atoms with Gasteiger partial charge in [-0.15, -0.1) is 0 Å². The molecule has 2 fully saturated rings. The molecule has 0 radical (unpaired) electrons. The smallest absolute Gasteiger partial charge is 0.306 e. The molecule has 0 saturated heterocycles. The van der Waals surface area contributed by atoms with Crippen LogP contribution < -0.4 is 5.73 Å². The van der Waals surface area contributed by atoms with Gasteiger partial charge in [0.1, 0.15) is 0 Å². The van der Waals surface area contributed by atoms with E-state index in [1.165, 1.54) is 26.4 Å². The Morgan fingerprint density at radius 2 is 2.19 bits per heavy atom. The van der Waals surface area contributed by atoms with E-state index in [-0.39, 0.29) is 16.9 Å². The molecule has 2 aliphatic carbocycles. The largest absolute Gasteiger partial charge is 0.469 e. The van der Waals surface area contributed by atoms with Gasteiger partial charge in [0, 0.05) is 11.0 Å². The topological polar surface area (TPSA) is 52.3 Å². The molecule has 0 aromatic rings. The first-order chi connectivity index (χ1) is 7.39. The van der Waals surface area contributed by atoms with Crippen LogP contribution in [0.3, 0.4) is 0 Å². The Kier molecular flexibility index (Phi) is 2.77. The summed E-state index contributed by atoms with van der Waals surface area (Å²) in [4.78, 5) is 11.6. The summed E-state index contributed by atoms with van der Waals surface area (Å²) in [5.74, 6) is 1.31. The maximum absolute atomic E-state index is 11.6. The van der Waals surface area contributed by atoms with Crippen molar-refractivity contribution < 1.29 is 9.53 Å². The number of methoxy groups -OCH3 is 1. The highest BCUT2D eigenvalue weighted by molar-refractivity contribution is 5.70. The van der Waals surface area contributed by atoms with Crippen LogP contribution in [0.15, 0.2) is 0 Å². The third kappa shape index (κ3) is 1.65. The molecule has 3 nitrogen and oxygen atoms in total. The maximum atomic E-state index is 11.6. The molecule has 0 amide bonds. The zero-order chi connectivity index (χ0) is 12.0. The zero-order valence-corrected chi connectivity index (χ0v) is 10.6. The number of esters is 1. The van der Waals surface area contributed by atoms with Gasteiger partial charge >= 0.3 is 5.97 Å². The Morgan fingerprint density at radius 3 is 2.56 bits per heavy atom. The quantitative estimate of drug-likeness (QED) is 0.748. The standard InChI is InChI=1S/C13H23NO2/c1-12(2,14)13(8-11(15)16-3)7-9-4-5-10(13)6-9/h9-10H,4-8,14H2,1-3H3. The number of rotatable bonds is 3. The van der Waals surface area contributed by atoms with Crippen LogP contribution in [0.5, 0.6) is 0 Å². The minimum Gasteiger partial charge on any atom is -0.469 e. The van der Waals surface area contributed by atoms with Crippen molar-refractivity contribution in [3.05, 3.63) is 0 Å². The van der Waals surface area contributed by atoms with Crippen LogP contribution in [0.25, 0.3) is 0 Å². The lowest BCUT2D eigenvalue weighted by atomic mass is 9.60. The molecule has 2 N–H and O–H groups in total. The molecular formula is C13H23NO2. The highest BCUT2D eigenvalue weighted by Gasteiger charge is 2.57. The Morgan fingerprint density at radius 1 is 1.50 bits per heavy atom. The van der Waals surface area contributed by atoms with Gasteiger partial charge < -0.3 is 10.5 Å². The fraction of sp³-hybridized carbons (Fsp3) is 0.923. The minimum atomic E-state index is -0.291. The van der Waals surface area contributed by atoms with E-state index in [1.54, 1.807) is 0 Å². The molecule has 16 heavy (non-hydrogen) atoms. The van der Waals surface area contributed by atoms with E-state index in [1.807, 2.05) is 0 Å². The summed E-state index contributed by atoms with van der Waals surface area (Å²) >= 11 is 0. The minimum absolute atomic E-state index is 0.0248. The predicted octanol–water partition coefficient (Wildman–Crippen LogP) is 2.09. The van der Waals surface area contributed by atoms with Crippen molar-refractivity contribution in [2.24, 2.45) is 23.0 Å². The lowest BCUT2D eigenvalue weighted by Crippen LogP contribution is -2.54. The van der Waals surface area contributed by atoms with E-state index in [0.717, 1.165) is 12.3 Å². The summed E-state index contributed by atoms with van der Waals surface area (Å²) in [7, 11) is 1.47. The van der Waals surface area contributed by atoms with Gasteiger partial charge in [-0.05, 0) is 44.9 Å².